The average molecular weight is 252 g/mol. The van der Waals surface area contributed by atoms with Crippen LogP contribution in [0.25, 0.3) is 0 Å². The van der Waals surface area contributed by atoms with E-state index in [2.05, 4.69) is 41.6 Å². The molecule has 96 valence electrons. The van der Waals surface area contributed by atoms with E-state index >= 15 is 0 Å². The second-order valence-electron chi connectivity index (χ2n) is 5.15. The van der Waals surface area contributed by atoms with Crippen LogP contribution in [-0.2, 0) is 6.54 Å². The Morgan fingerprint density at radius 3 is 3.12 bits per heavy atom. The van der Waals surface area contributed by atoms with Crippen molar-refractivity contribution in [3.05, 3.63) is 22.4 Å². The van der Waals surface area contributed by atoms with E-state index in [9.17, 15) is 0 Å². The van der Waals surface area contributed by atoms with Gasteiger partial charge in [-0.3, -0.25) is 4.90 Å². The molecule has 0 radical (unpaired) electrons. The molecule has 1 fully saturated rings. The minimum atomic E-state index is 0.757. The van der Waals surface area contributed by atoms with Crippen LogP contribution >= 0.6 is 11.3 Å². The first-order chi connectivity index (χ1) is 8.27. The standard InChI is InChI=1S/C14H24N2S/c1-12-5-3-8-16(13(12)2)9-7-15-11-14-6-4-10-17-14/h4,6,10,12-13,15H,3,5,7-9,11H2,1-2H3. The smallest absolute Gasteiger partial charge is 0.0300 e. The van der Waals surface area contributed by atoms with Crippen molar-refractivity contribution < 1.29 is 0 Å². The highest BCUT2D eigenvalue weighted by Gasteiger charge is 2.23. The van der Waals surface area contributed by atoms with Gasteiger partial charge in [0.15, 0.2) is 0 Å². The fourth-order valence-electron chi connectivity index (χ4n) is 2.58. The molecule has 0 saturated carbocycles. The number of likely N-dealkylation sites (tertiary alicyclic amines) is 1. The van der Waals surface area contributed by atoms with Crippen LogP contribution in [0, 0.1) is 5.92 Å². The maximum Gasteiger partial charge on any atom is 0.0300 e. The van der Waals surface area contributed by atoms with Crippen molar-refractivity contribution in [2.45, 2.75) is 39.3 Å². The van der Waals surface area contributed by atoms with Gasteiger partial charge in [-0.05, 0) is 43.7 Å². The Kier molecular flexibility index (Phi) is 5.01. The number of rotatable bonds is 5. The second kappa shape index (κ2) is 6.53. The van der Waals surface area contributed by atoms with Crippen LogP contribution in [0.4, 0.5) is 0 Å². The Bertz CT molecular complexity index is 310. The van der Waals surface area contributed by atoms with Crippen molar-refractivity contribution in [3.63, 3.8) is 0 Å². The third-order valence-electron chi connectivity index (χ3n) is 3.96. The topological polar surface area (TPSA) is 15.3 Å². The molecule has 2 atom stereocenters. The first kappa shape index (κ1) is 13.1. The lowest BCUT2D eigenvalue weighted by atomic mass is 9.92. The highest BCUT2D eigenvalue weighted by molar-refractivity contribution is 7.09. The normalized spacial score (nSPS) is 26.2. The van der Waals surface area contributed by atoms with E-state index in [-0.39, 0.29) is 0 Å². The van der Waals surface area contributed by atoms with E-state index in [4.69, 9.17) is 0 Å². The molecular weight excluding hydrogens is 228 g/mol. The van der Waals surface area contributed by atoms with E-state index in [0.29, 0.717) is 0 Å². The van der Waals surface area contributed by atoms with Gasteiger partial charge in [0, 0.05) is 30.6 Å². The van der Waals surface area contributed by atoms with Crippen LogP contribution in [0.5, 0.6) is 0 Å². The summed E-state index contributed by atoms with van der Waals surface area (Å²) in [6, 6.07) is 5.08. The molecule has 2 heterocycles. The van der Waals surface area contributed by atoms with Crippen molar-refractivity contribution in [2.75, 3.05) is 19.6 Å². The van der Waals surface area contributed by atoms with Gasteiger partial charge in [-0.1, -0.05) is 13.0 Å². The fourth-order valence-corrected chi connectivity index (χ4v) is 3.26. The molecule has 0 bridgehead atoms. The maximum absolute atomic E-state index is 3.54. The van der Waals surface area contributed by atoms with E-state index in [0.717, 1.165) is 25.0 Å². The zero-order valence-electron chi connectivity index (χ0n) is 11.0. The Morgan fingerprint density at radius 1 is 1.47 bits per heavy atom. The molecule has 2 nitrogen and oxygen atoms in total. The van der Waals surface area contributed by atoms with Gasteiger partial charge in [-0.2, -0.15) is 0 Å². The number of hydrogen-bond donors (Lipinski definition) is 1. The minimum Gasteiger partial charge on any atom is -0.311 e. The fraction of sp³-hybridized carbons (Fsp3) is 0.714. The monoisotopic (exact) mass is 252 g/mol. The average Bonchev–Trinajstić information content (AvgIpc) is 2.83. The van der Waals surface area contributed by atoms with Crippen LogP contribution in [0.15, 0.2) is 17.5 Å². The Labute approximate surface area is 109 Å². The summed E-state index contributed by atoms with van der Waals surface area (Å²) in [5.74, 6) is 0.862. The van der Waals surface area contributed by atoms with Crippen molar-refractivity contribution in [3.8, 4) is 0 Å². The molecule has 2 unspecified atom stereocenters. The number of hydrogen-bond acceptors (Lipinski definition) is 3. The Morgan fingerprint density at radius 2 is 2.35 bits per heavy atom. The zero-order valence-corrected chi connectivity index (χ0v) is 11.8. The molecule has 3 heteroatoms. The summed E-state index contributed by atoms with van der Waals surface area (Å²) in [6.07, 6.45) is 2.77. The summed E-state index contributed by atoms with van der Waals surface area (Å²) in [4.78, 5) is 4.07. The lowest BCUT2D eigenvalue weighted by molar-refractivity contribution is 0.115. The van der Waals surface area contributed by atoms with Crippen molar-refractivity contribution >= 4 is 11.3 Å². The molecular formula is C14H24N2S. The van der Waals surface area contributed by atoms with Crippen molar-refractivity contribution in [2.24, 2.45) is 5.92 Å². The van der Waals surface area contributed by atoms with Gasteiger partial charge >= 0.3 is 0 Å². The van der Waals surface area contributed by atoms with Gasteiger partial charge in [-0.15, -0.1) is 11.3 Å². The molecule has 0 aliphatic carbocycles. The molecule has 0 aromatic carbocycles. The summed E-state index contributed by atoms with van der Waals surface area (Å²) in [5, 5.41) is 5.68. The third kappa shape index (κ3) is 3.80. The maximum atomic E-state index is 3.54. The highest BCUT2D eigenvalue weighted by atomic mass is 32.1. The Hall–Kier alpha value is -0.380. The molecule has 1 aliphatic rings. The molecule has 1 N–H and O–H groups in total. The molecule has 0 amide bonds. The number of nitrogens with one attached hydrogen (secondary N) is 1. The summed E-state index contributed by atoms with van der Waals surface area (Å²) < 4.78 is 0. The second-order valence-corrected chi connectivity index (χ2v) is 6.18. The largest absolute Gasteiger partial charge is 0.311 e. The van der Waals surface area contributed by atoms with Crippen LogP contribution in [0.1, 0.15) is 31.6 Å². The van der Waals surface area contributed by atoms with E-state index in [1.54, 1.807) is 0 Å². The minimum absolute atomic E-state index is 0.757. The molecule has 1 aliphatic heterocycles. The zero-order chi connectivity index (χ0) is 12.1. The van der Waals surface area contributed by atoms with Crippen LogP contribution < -0.4 is 5.32 Å². The van der Waals surface area contributed by atoms with Crippen LogP contribution in [0.3, 0.4) is 0 Å². The van der Waals surface area contributed by atoms with E-state index in [1.807, 2.05) is 11.3 Å². The summed E-state index contributed by atoms with van der Waals surface area (Å²) in [7, 11) is 0. The van der Waals surface area contributed by atoms with Crippen molar-refractivity contribution in [1.29, 1.82) is 0 Å². The molecule has 1 aromatic rings. The molecule has 1 aromatic heterocycles. The summed E-state index contributed by atoms with van der Waals surface area (Å²) in [6.45, 7) is 9.37. The first-order valence-electron chi connectivity index (χ1n) is 6.74. The van der Waals surface area contributed by atoms with Gasteiger partial charge < -0.3 is 5.32 Å². The number of thiophene rings is 1. The van der Waals surface area contributed by atoms with E-state index < -0.39 is 0 Å². The summed E-state index contributed by atoms with van der Waals surface area (Å²) >= 11 is 1.83. The quantitative estimate of drug-likeness (QED) is 0.811. The molecule has 2 rings (SSSR count). The molecule has 17 heavy (non-hydrogen) atoms. The Balaban J connectivity index is 1.64. The SMILES string of the molecule is CC1CCCN(CCNCc2cccs2)C1C. The molecule has 1 saturated heterocycles. The first-order valence-corrected chi connectivity index (χ1v) is 7.62. The predicted molar refractivity (Wildman–Crippen MR) is 75.5 cm³/mol. The van der Waals surface area contributed by atoms with Crippen LogP contribution in [0.2, 0.25) is 0 Å². The predicted octanol–water partition coefficient (Wildman–Crippen LogP) is 2.96. The van der Waals surface area contributed by atoms with Crippen molar-refractivity contribution in [1.82, 2.24) is 10.2 Å². The van der Waals surface area contributed by atoms with E-state index in [1.165, 1.54) is 30.8 Å². The van der Waals surface area contributed by atoms with Gasteiger partial charge in [-0.25, -0.2) is 0 Å². The lowest BCUT2D eigenvalue weighted by Gasteiger charge is -2.37. The van der Waals surface area contributed by atoms with Crippen LogP contribution in [-0.4, -0.2) is 30.6 Å². The molecule has 0 spiro atoms. The number of piperidine rings is 1. The summed E-state index contributed by atoms with van der Waals surface area (Å²) in [5.41, 5.74) is 0. The van der Waals surface area contributed by atoms with Gasteiger partial charge in [0.05, 0.1) is 0 Å². The lowest BCUT2D eigenvalue weighted by Crippen LogP contribution is -2.45. The third-order valence-corrected chi connectivity index (χ3v) is 4.84. The van der Waals surface area contributed by atoms with Gasteiger partial charge in [0.2, 0.25) is 0 Å². The highest BCUT2D eigenvalue weighted by Crippen LogP contribution is 2.22. The van der Waals surface area contributed by atoms with Gasteiger partial charge in [0.1, 0.15) is 0 Å². The van der Waals surface area contributed by atoms with Gasteiger partial charge in [0.25, 0.3) is 0 Å². The number of nitrogens with zero attached hydrogens (tertiary/aromatic N) is 1.